The number of fused-ring (bicyclic) bond motifs is 1. The highest BCUT2D eigenvalue weighted by Gasteiger charge is 2.75. The second-order valence-electron chi connectivity index (χ2n) is 8.26. The van der Waals surface area contributed by atoms with Crippen molar-refractivity contribution in [2.75, 3.05) is 13.7 Å². The van der Waals surface area contributed by atoms with Crippen LogP contribution >= 0.6 is 0 Å². The van der Waals surface area contributed by atoms with Crippen molar-refractivity contribution in [1.82, 2.24) is 14.8 Å². The van der Waals surface area contributed by atoms with Crippen LogP contribution in [-0.4, -0.2) is 84.0 Å². The highest BCUT2D eigenvalue weighted by Crippen LogP contribution is 2.53. The molecule has 0 aromatic heterocycles. The Morgan fingerprint density at radius 1 is 1.06 bits per heavy atom. The fourth-order valence-electron chi connectivity index (χ4n) is 4.79. The molecule has 3 N–H and O–H groups in total. The average molecular weight is 485 g/mol. The fourth-order valence-corrected chi connectivity index (χ4v) is 4.79. The molecule has 2 atom stereocenters. The Kier molecular flexibility index (Phi) is 5.77. The van der Waals surface area contributed by atoms with Crippen molar-refractivity contribution in [3.05, 3.63) is 66.4 Å². The van der Waals surface area contributed by atoms with E-state index in [1.165, 1.54) is 42.9 Å². The molecular weight excluding hydrogens is 460 g/mol. The zero-order valence-electron chi connectivity index (χ0n) is 19.1. The topological polar surface area (TPSA) is 148 Å². The van der Waals surface area contributed by atoms with E-state index in [2.05, 4.69) is 0 Å². The minimum Gasteiger partial charge on any atom is -0.497 e. The van der Waals surface area contributed by atoms with Gasteiger partial charge in [-0.2, -0.15) is 14.7 Å². The van der Waals surface area contributed by atoms with Gasteiger partial charge in [0.1, 0.15) is 5.75 Å². The van der Waals surface area contributed by atoms with Gasteiger partial charge in [0.15, 0.2) is 11.7 Å². The van der Waals surface area contributed by atoms with Gasteiger partial charge in [-0.3, -0.25) is 9.59 Å². The number of benzene rings is 1. The minimum atomic E-state index is -1.69. The zero-order valence-corrected chi connectivity index (χ0v) is 19.1. The summed E-state index contributed by atoms with van der Waals surface area (Å²) in [6, 6.07) is 6.29. The number of nitrogens with zero attached hydrogens (tertiary/aromatic N) is 4. The molecule has 1 fully saturated rings. The zero-order chi connectivity index (χ0) is 25.5. The lowest BCUT2D eigenvalue weighted by Crippen LogP contribution is -2.72. The van der Waals surface area contributed by atoms with Crippen LogP contribution in [0.15, 0.2) is 60.8 Å². The van der Waals surface area contributed by atoms with Gasteiger partial charge in [0.25, 0.3) is 0 Å². The van der Waals surface area contributed by atoms with Crippen LogP contribution in [0.5, 0.6) is 5.75 Å². The number of ketones is 1. The number of carbonyl (C=O) groups is 4. The molecule has 184 valence electrons. The predicted molar refractivity (Wildman–Crippen MR) is 119 cm³/mol. The van der Waals surface area contributed by atoms with E-state index in [-0.39, 0.29) is 30.8 Å². The number of ether oxygens (including phenoxy) is 1. The molecule has 1 saturated heterocycles. The molecule has 2 unspecified atom stereocenters. The van der Waals surface area contributed by atoms with Gasteiger partial charge in [-0.1, -0.05) is 11.5 Å². The summed E-state index contributed by atoms with van der Waals surface area (Å²) in [6.07, 6.45) is 3.65. The van der Waals surface area contributed by atoms with E-state index in [1.54, 1.807) is 36.1 Å². The van der Waals surface area contributed by atoms with E-state index in [0.29, 0.717) is 5.75 Å². The number of hydrogen-bond acceptors (Lipinski definition) is 7. The van der Waals surface area contributed by atoms with Crippen molar-refractivity contribution < 1.29 is 43.8 Å². The van der Waals surface area contributed by atoms with Crippen LogP contribution < -0.4 is 4.74 Å². The van der Waals surface area contributed by atoms with Crippen LogP contribution in [0.4, 0.5) is 9.59 Å². The number of carboxylic acid groups (broad SMARTS) is 3. The van der Waals surface area contributed by atoms with Gasteiger partial charge in [0, 0.05) is 30.9 Å². The number of aliphatic carboxylic acids is 1. The molecule has 0 saturated carbocycles. The second kappa shape index (κ2) is 8.47. The Labute approximate surface area is 200 Å². The van der Waals surface area contributed by atoms with E-state index in [0.717, 1.165) is 4.90 Å². The summed E-state index contributed by atoms with van der Waals surface area (Å²) in [4.78, 5) is 52.2. The van der Waals surface area contributed by atoms with Gasteiger partial charge in [0.05, 0.1) is 13.5 Å². The third-order valence-electron chi connectivity index (χ3n) is 6.43. The lowest BCUT2D eigenvalue weighted by molar-refractivity contribution is -0.955. The summed E-state index contributed by atoms with van der Waals surface area (Å²) >= 11 is 0. The van der Waals surface area contributed by atoms with Crippen LogP contribution in [0.3, 0.4) is 0 Å². The summed E-state index contributed by atoms with van der Waals surface area (Å²) in [6.45, 7) is 1.81. The third-order valence-corrected chi connectivity index (χ3v) is 6.43. The Bertz CT molecular complexity index is 1160. The molecule has 4 aliphatic heterocycles. The smallest absolute Gasteiger partial charge is 0.497 e. The molecule has 0 radical (unpaired) electrons. The average Bonchev–Trinajstić information content (AvgIpc) is 3.34. The molecule has 12 heteroatoms. The number of rotatable bonds is 8. The van der Waals surface area contributed by atoms with Gasteiger partial charge < -0.3 is 25.0 Å². The van der Waals surface area contributed by atoms with Gasteiger partial charge in [-0.25, -0.2) is 4.79 Å². The fraction of sp³-hybridized carbons (Fsp3) is 0.304. The van der Waals surface area contributed by atoms with Gasteiger partial charge in [-0.05, 0) is 36.4 Å². The van der Waals surface area contributed by atoms with E-state index in [9.17, 15) is 29.4 Å². The van der Waals surface area contributed by atoms with Gasteiger partial charge in [-0.15, -0.1) is 0 Å². The molecule has 12 nitrogen and oxygen atoms in total. The highest BCUT2D eigenvalue weighted by molar-refractivity contribution is 6.06. The molecule has 4 heterocycles. The first kappa shape index (κ1) is 23.8. The second-order valence-corrected chi connectivity index (χ2v) is 8.26. The van der Waals surface area contributed by atoms with E-state index in [4.69, 9.17) is 9.84 Å². The first-order valence-electron chi connectivity index (χ1n) is 10.8. The number of quaternary nitrogens is 1. The summed E-state index contributed by atoms with van der Waals surface area (Å²) in [5.41, 5.74) is -1.43. The van der Waals surface area contributed by atoms with Crippen LogP contribution in [0.2, 0.25) is 0 Å². The first-order valence-corrected chi connectivity index (χ1v) is 10.8. The van der Waals surface area contributed by atoms with Gasteiger partial charge in [0.2, 0.25) is 17.8 Å². The molecule has 1 aromatic carbocycles. The van der Waals surface area contributed by atoms with Crippen molar-refractivity contribution in [2.24, 2.45) is 0 Å². The van der Waals surface area contributed by atoms with Crippen LogP contribution in [0.1, 0.15) is 30.1 Å². The van der Waals surface area contributed by atoms with E-state index >= 15 is 0 Å². The summed E-state index contributed by atoms with van der Waals surface area (Å²) < 4.78 is 4.27. The molecule has 0 aliphatic carbocycles. The summed E-state index contributed by atoms with van der Waals surface area (Å²) in [5.74, 6) is -0.866. The number of methoxy groups -OCH3 is 1. The summed E-state index contributed by atoms with van der Waals surface area (Å²) in [5, 5.41) is 30.4. The number of carboxylic acids is 1. The van der Waals surface area contributed by atoms with Crippen LogP contribution in [0, 0.1) is 0 Å². The van der Waals surface area contributed by atoms with Crippen molar-refractivity contribution in [3.8, 4) is 5.75 Å². The Balaban J connectivity index is 1.82. The van der Waals surface area contributed by atoms with Crippen LogP contribution in [-0.2, 0) is 4.79 Å². The lowest BCUT2D eigenvalue weighted by Gasteiger charge is -2.48. The number of carbonyl (C=O) groups excluding carboxylic acids is 1. The number of hydrogen-bond donors (Lipinski definition) is 3. The Morgan fingerprint density at radius 2 is 1.69 bits per heavy atom. The Morgan fingerprint density at radius 3 is 2.17 bits per heavy atom. The normalized spacial score (nSPS) is 23.5. The number of amides is 2. The monoisotopic (exact) mass is 485 g/mol. The molecule has 1 aromatic rings. The maximum Gasteiger partial charge on any atom is 0.546 e. The molecule has 5 rings (SSSR count). The van der Waals surface area contributed by atoms with E-state index < -0.39 is 40.2 Å². The molecule has 35 heavy (non-hydrogen) atoms. The SMILES string of the molecule is CCC1N(C(=O)O)C2=C[N+]1(C(=O)O)N2C1(C(=O)c2ccc(OC)cc2)C=CN(CCC(=O)O)C=C1. The Hall–Kier alpha value is -4.32. The molecule has 2 bridgehead atoms. The highest BCUT2D eigenvalue weighted by atomic mass is 16.5. The number of Topliss-reactive ketones (excluding diaryl/α,β-unsaturated/α-hetero) is 1. The molecule has 2 amide bonds. The van der Waals surface area contributed by atoms with Crippen molar-refractivity contribution in [1.29, 1.82) is 0 Å². The quantitative estimate of drug-likeness (QED) is 0.371. The molecule has 4 aliphatic rings. The molecular formula is C23H25N4O8+. The maximum atomic E-state index is 14.0. The first-order chi connectivity index (χ1) is 16.6. The van der Waals surface area contributed by atoms with E-state index in [1.807, 2.05) is 0 Å². The maximum absolute atomic E-state index is 14.0. The standard InChI is InChI=1S/C23H24N4O8/c1-3-18-25(21(31)32)17-14-27(18,22(33)34)26(17)23(9-12-24(13-10-23)11-8-19(28)29)20(30)15-4-6-16(35-2)7-5-15/h4-7,9-10,12-14,18H,3,8,11H2,1-2H3,(H2-,28,29,31,32,33,34)/p+1. The van der Waals surface area contributed by atoms with Gasteiger partial charge >= 0.3 is 18.2 Å². The van der Waals surface area contributed by atoms with Crippen LogP contribution in [0.25, 0.3) is 0 Å². The molecule has 0 spiro atoms. The lowest BCUT2D eigenvalue weighted by atomic mass is 9.86. The predicted octanol–water partition coefficient (Wildman–Crippen LogP) is 2.69. The minimum absolute atomic E-state index is 0.0851. The third kappa shape index (κ3) is 3.41. The van der Waals surface area contributed by atoms with Crippen molar-refractivity contribution in [3.63, 3.8) is 0 Å². The summed E-state index contributed by atoms with van der Waals surface area (Å²) in [7, 11) is 1.49. The van der Waals surface area contributed by atoms with Crippen molar-refractivity contribution in [2.45, 2.75) is 31.5 Å². The van der Waals surface area contributed by atoms with Crippen molar-refractivity contribution >= 4 is 23.9 Å². The largest absolute Gasteiger partial charge is 0.546 e.